The Morgan fingerprint density at radius 3 is 2.58 bits per heavy atom. The van der Waals surface area contributed by atoms with Crippen LogP contribution >= 0.6 is 0 Å². The van der Waals surface area contributed by atoms with E-state index in [2.05, 4.69) is 9.71 Å². The van der Waals surface area contributed by atoms with Gasteiger partial charge >= 0.3 is 0 Å². The van der Waals surface area contributed by atoms with Crippen molar-refractivity contribution in [3.8, 4) is 5.75 Å². The van der Waals surface area contributed by atoms with Gasteiger partial charge in [0.1, 0.15) is 5.75 Å². The summed E-state index contributed by atoms with van der Waals surface area (Å²) in [5, 5.41) is 1.12. The van der Waals surface area contributed by atoms with E-state index in [1.807, 2.05) is 30.5 Å². The molecular weight excluding hydrogens is 352 g/mol. The quantitative estimate of drug-likeness (QED) is 0.667. The van der Waals surface area contributed by atoms with E-state index in [9.17, 15) is 13.2 Å². The number of aryl methyl sites for hydroxylation is 1. The Morgan fingerprint density at radius 1 is 1.12 bits per heavy atom. The molecule has 0 radical (unpaired) electrons. The number of aromatic amines is 1. The Labute approximate surface area is 152 Å². The standard InChI is InChI=1S/C19H20N2O4S/c1-25-15-9-11-16(12-10-15)26(23,24)21-19(22)8-4-5-14-13-20-18-7-3-2-6-17(14)18/h2-3,6-7,9-13,20H,4-5,8H2,1H3,(H,21,22). The molecule has 0 bridgehead atoms. The van der Waals surface area contributed by atoms with Gasteiger partial charge in [-0.05, 0) is 48.7 Å². The molecule has 0 fully saturated rings. The lowest BCUT2D eigenvalue weighted by Gasteiger charge is -2.07. The average Bonchev–Trinajstić information content (AvgIpc) is 3.05. The van der Waals surface area contributed by atoms with Crippen LogP contribution < -0.4 is 9.46 Å². The number of nitrogens with one attached hydrogen (secondary N) is 2. The molecule has 1 heterocycles. The fourth-order valence-electron chi connectivity index (χ4n) is 2.79. The first kappa shape index (κ1) is 18.0. The smallest absolute Gasteiger partial charge is 0.264 e. The molecule has 7 heteroatoms. The van der Waals surface area contributed by atoms with Crippen LogP contribution in [0.1, 0.15) is 18.4 Å². The Balaban J connectivity index is 1.56. The van der Waals surface area contributed by atoms with Crippen molar-refractivity contribution >= 4 is 26.8 Å². The molecule has 0 aliphatic rings. The van der Waals surface area contributed by atoms with Gasteiger partial charge in [-0.15, -0.1) is 0 Å². The fourth-order valence-corrected chi connectivity index (χ4v) is 3.81. The molecule has 3 aromatic rings. The van der Waals surface area contributed by atoms with Gasteiger partial charge in [0.05, 0.1) is 12.0 Å². The summed E-state index contributed by atoms with van der Waals surface area (Å²) in [6.45, 7) is 0. The first-order chi connectivity index (χ1) is 12.5. The van der Waals surface area contributed by atoms with Crippen molar-refractivity contribution in [1.82, 2.24) is 9.71 Å². The Hall–Kier alpha value is -2.80. The van der Waals surface area contributed by atoms with Crippen LogP contribution in [0.15, 0.2) is 59.6 Å². The van der Waals surface area contributed by atoms with E-state index in [1.54, 1.807) is 0 Å². The number of amides is 1. The van der Waals surface area contributed by atoms with Gasteiger partial charge in [-0.2, -0.15) is 0 Å². The number of aromatic nitrogens is 1. The molecule has 0 atom stereocenters. The van der Waals surface area contributed by atoms with E-state index in [0.717, 1.165) is 16.5 Å². The number of para-hydroxylation sites is 1. The van der Waals surface area contributed by atoms with Crippen LogP contribution in [0.4, 0.5) is 0 Å². The van der Waals surface area contributed by atoms with Crippen molar-refractivity contribution in [2.24, 2.45) is 0 Å². The number of ether oxygens (including phenoxy) is 1. The Bertz CT molecular complexity index is 1010. The highest BCUT2D eigenvalue weighted by Gasteiger charge is 2.17. The van der Waals surface area contributed by atoms with E-state index in [4.69, 9.17) is 4.74 Å². The van der Waals surface area contributed by atoms with Crippen LogP contribution in [0.5, 0.6) is 5.75 Å². The molecule has 0 spiro atoms. The molecule has 2 aromatic carbocycles. The van der Waals surface area contributed by atoms with Crippen molar-refractivity contribution < 1.29 is 17.9 Å². The molecule has 136 valence electrons. The Kier molecular flexibility index (Phi) is 5.27. The van der Waals surface area contributed by atoms with Crippen LogP contribution in [-0.4, -0.2) is 26.4 Å². The highest BCUT2D eigenvalue weighted by atomic mass is 32.2. The van der Waals surface area contributed by atoms with Crippen molar-refractivity contribution in [2.75, 3.05) is 7.11 Å². The van der Waals surface area contributed by atoms with Crippen molar-refractivity contribution in [2.45, 2.75) is 24.2 Å². The van der Waals surface area contributed by atoms with E-state index in [-0.39, 0.29) is 11.3 Å². The Morgan fingerprint density at radius 2 is 1.85 bits per heavy atom. The third-order valence-electron chi connectivity index (χ3n) is 4.14. The lowest BCUT2D eigenvalue weighted by Crippen LogP contribution is -2.30. The molecule has 1 amide bonds. The minimum Gasteiger partial charge on any atom is -0.497 e. The van der Waals surface area contributed by atoms with Gasteiger partial charge in [-0.3, -0.25) is 4.79 Å². The lowest BCUT2D eigenvalue weighted by molar-refractivity contribution is -0.119. The molecule has 0 saturated heterocycles. The molecular formula is C19H20N2O4S. The molecule has 0 unspecified atom stereocenters. The van der Waals surface area contributed by atoms with Gasteiger partial charge in [0, 0.05) is 23.5 Å². The molecule has 0 saturated carbocycles. The van der Waals surface area contributed by atoms with Gasteiger partial charge in [0.25, 0.3) is 10.0 Å². The van der Waals surface area contributed by atoms with Crippen LogP contribution in [0.3, 0.4) is 0 Å². The number of hydrogen-bond donors (Lipinski definition) is 2. The van der Waals surface area contributed by atoms with Crippen LogP contribution in [0.25, 0.3) is 10.9 Å². The first-order valence-electron chi connectivity index (χ1n) is 8.24. The number of sulfonamides is 1. The van der Waals surface area contributed by atoms with Crippen molar-refractivity contribution in [3.05, 3.63) is 60.3 Å². The molecule has 0 aliphatic heterocycles. The minimum absolute atomic E-state index is 0.0308. The minimum atomic E-state index is -3.86. The predicted molar refractivity (Wildman–Crippen MR) is 99.6 cm³/mol. The maximum atomic E-state index is 12.2. The average molecular weight is 372 g/mol. The summed E-state index contributed by atoms with van der Waals surface area (Å²) in [5.74, 6) is 0.0367. The summed E-state index contributed by atoms with van der Waals surface area (Å²) in [4.78, 5) is 15.2. The molecule has 26 heavy (non-hydrogen) atoms. The number of carbonyl (C=O) groups is 1. The molecule has 3 rings (SSSR count). The maximum absolute atomic E-state index is 12.2. The molecule has 6 nitrogen and oxygen atoms in total. The van der Waals surface area contributed by atoms with E-state index >= 15 is 0 Å². The summed E-state index contributed by atoms with van der Waals surface area (Å²) in [7, 11) is -2.37. The number of carbonyl (C=O) groups excluding carboxylic acids is 1. The molecule has 2 N–H and O–H groups in total. The zero-order valence-electron chi connectivity index (χ0n) is 14.4. The number of benzene rings is 2. The number of fused-ring (bicyclic) bond motifs is 1. The summed E-state index contributed by atoms with van der Waals surface area (Å²) in [6.07, 6.45) is 3.32. The SMILES string of the molecule is COc1ccc(S(=O)(=O)NC(=O)CCCc2c[nH]c3ccccc23)cc1. The number of rotatable bonds is 7. The van der Waals surface area contributed by atoms with Crippen LogP contribution in [0, 0.1) is 0 Å². The van der Waals surface area contributed by atoms with Crippen LogP contribution in [0.2, 0.25) is 0 Å². The predicted octanol–water partition coefficient (Wildman–Crippen LogP) is 3.00. The number of methoxy groups -OCH3 is 1. The second kappa shape index (κ2) is 7.61. The summed E-state index contributed by atoms with van der Waals surface area (Å²) >= 11 is 0. The van der Waals surface area contributed by atoms with Crippen LogP contribution in [-0.2, 0) is 21.2 Å². The molecule has 1 aromatic heterocycles. The maximum Gasteiger partial charge on any atom is 0.264 e. The van der Waals surface area contributed by atoms with Gasteiger partial charge in [-0.1, -0.05) is 18.2 Å². The zero-order valence-corrected chi connectivity index (χ0v) is 15.2. The van der Waals surface area contributed by atoms with E-state index in [1.165, 1.54) is 31.4 Å². The third kappa shape index (κ3) is 4.05. The highest BCUT2D eigenvalue weighted by molar-refractivity contribution is 7.90. The van der Waals surface area contributed by atoms with Crippen molar-refractivity contribution in [1.29, 1.82) is 0 Å². The second-order valence-corrected chi connectivity index (χ2v) is 7.60. The van der Waals surface area contributed by atoms with E-state index in [0.29, 0.717) is 18.6 Å². The number of hydrogen-bond acceptors (Lipinski definition) is 4. The molecule has 0 aliphatic carbocycles. The van der Waals surface area contributed by atoms with Gasteiger partial charge < -0.3 is 9.72 Å². The monoisotopic (exact) mass is 372 g/mol. The summed E-state index contributed by atoms with van der Waals surface area (Å²) < 4.78 is 31.6. The topological polar surface area (TPSA) is 88.3 Å². The van der Waals surface area contributed by atoms with E-state index < -0.39 is 15.9 Å². The fraction of sp³-hybridized carbons (Fsp3) is 0.211. The number of H-pyrrole nitrogens is 1. The second-order valence-electron chi connectivity index (χ2n) is 5.92. The van der Waals surface area contributed by atoms with Gasteiger partial charge in [0.15, 0.2) is 0 Å². The van der Waals surface area contributed by atoms with Gasteiger partial charge in [0.2, 0.25) is 5.91 Å². The normalized spacial score (nSPS) is 11.4. The first-order valence-corrected chi connectivity index (χ1v) is 9.72. The summed E-state index contributed by atoms with van der Waals surface area (Å²) in [6, 6.07) is 13.8. The largest absolute Gasteiger partial charge is 0.497 e. The lowest BCUT2D eigenvalue weighted by atomic mass is 10.1. The third-order valence-corrected chi connectivity index (χ3v) is 5.53. The highest BCUT2D eigenvalue weighted by Crippen LogP contribution is 2.20. The summed E-state index contributed by atoms with van der Waals surface area (Å²) in [5.41, 5.74) is 2.17. The zero-order chi connectivity index (χ0) is 18.6. The van der Waals surface area contributed by atoms with Crippen molar-refractivity contribution in [3.63, 3.8) is 0 Å². The van der Waals surface area contributed by atoms with Gasteiger partial charge in [-0.25, -0.2) is 13.1 Å².